The van der Waals surface area contributed by atoms with Gasteiger partial charge in [-0.15, -0.1) is 0 Å². The summed E-state index contributed by atoms with van der Waals surface area (Å²) >= 11 is 0. The van der Waals surface area contributed by atoms with Crippen molar-refractivity contribution in [3.05, 3.63) is 59.8 Å². The number of sulfonamides is 1. The van der Waals surface area contributed by atoms with E-state index in [1.54, 1.807) is 24.4 Å². The van der Waals surface area contributed by atoms with Crippen LogP contribution < -0.4 is 9.57 Å². The van der Waals surface area contributed by atoms with Crippen LogP contribution >= 0.6 is 0 Å². The minimum atomic E-state index is -3.82. The van der Waals surface area contributed by atoms with Crippen molar-refractivity contribution in [2.45, 2.75) is 11.8 Å². The van der Waals surface area contributed by atoms with E-state index in [1.807, 2.05) is 31.2 Å². The Morgan fingerprint density at radius 1 is 1.21 bits per heavy atom. The Labute approximate surface area is 140 Å². The first-order valence-electron chi connectivity index (χ1n) is 7.27. The maximum atomic E-state index is 12.4. The summed E-state index contributed by atoms with van der Waals surface area (Å²) in [6, 6.07) is 12.7. The molecule has 1 aromatic heterocycles. The number of nitrogens with zero attached hydrogens (tertiary/aromatic N) is 1. The Kier molecular flexibility index (Phi) is 4.26. The van der Waals surface area contributed by atoms with Crippen LogP contribution in [0, 0.1) is 6.92 Å². The number of methoxy groups -OCH3 is 1. The normalized spacial score (nSPS) is 11.9. The fraction of sp³-hybridized carbons (Fsp3) is 0.118. The van der Waals surface area contributed by atoms with Crippen molar-refractivity contribution in [3.63, 3.8) is 0 Å². The molecule has 0 radical (unpaired) electrons. The Balaban J connectivity index is 1.87. The molecule has 0 saturated carbocycles. The van der Waals surface area contributed by atoms with Gasteiger partial charge in [0.1, 0.15) is 10.6 Å². The molecule has 6 nitrogen and oxygen atoms in total. The van der Waals surface area contributed by atoms with Gasteiger partial charge in [0, 0.05) is 22.7 Å². The third-order valence-electron chi connectivity index (χ3n) is 3.61. The molecule has 0 unspecified atom stereocenters. The number of rotatable bonds is 5. The number of H-pyrrole nitrogens is 1. The average molecular weight is 343 g/mol. The summed E-state index contributed by atoms with van der Waals surface area (Å²) in [4.78, 5) is 5.39. The lowest BCUT2D eigenvalue weighted by atomic mass is 10.2. The lowest BCUT2D eigenvalue weighted by Gasteiger charge is -2.09. The number of hydrogen-bond acceptors (Lipinski definition) is 4. The van der Waals surface area contributed by atoms with Gasteiger partial charge in [-0.25, -0.2) is 0 Å². The molecule has 3 aromatic rings. The Morgan fingerprint density at radius 3 is 2.79 bits per heavy atom. The fourth-order valence-electron chi connectivity index (χ4n) is 2.41. The molecule has 2 N–H and O–H groups in total. The molecule has 0 spiro atoms. The van der Waals surface area contributed by atoms with Gasteiger partial charge in [0.05, 0.1) is 13.3 Å². The van der Waals surface area contributed by atoms with Crippen LogP contribution in [0.4, 0.5) is 0 Å². The lowest BCUT2D eigenvalue weighted by molar-refractivity contribution is 0.402. The number of benzene rings is 2. The third kappa shape index (κ3) is 3.11. The van der Waals surface area contributed by atoms with Gasteiger partial charge in [-0.2, -0.15) is 18.4 Å². The van der Waals surface area contributed by atoms with Crippen LogP contribution in [0.2, 0.25) is 0 Å². The van der Waals surface area contributed by atoms with E-state index >= 15 is 0 Å². The van der Waals surface area contributed by atoms with Crippen molar-refractivity contribution in [1.82, 2.24) is 9.82 Å². The van der Waals surface area contributed by atoms with Crippen LogP contribution in [0.3, 0.4) is 0 Å². The highest BCUT2D eigenvalue weighted by molar-refractivity contribution is 7.89. The van der Waals surface area contributed by atoms with Crippen molar-refractivity contribution in [2.24, 2.45) is 5.10 Å². The van der Waals surface area contributed by atoms with Gasteiger partial charge < -0.3 is 9.72 Å². The third-order valence-corrected chi connectivity index (χ3v) is 4.85. The predicted molar refractivity (Wildman–Crippen MR) is 93.9 cm³/mol. The molecule has 0 bridgehead atoms. The maximum absolute atomic E-state index is 12.4. The fourth-order valence-corrected chi connectivity index (χ4v) is 3.46. The number of para-hydroxylation sites is 1. The molecule has 24 heavy (non-hydrogen) atoms. The Morgan fingerprint density at radius 2 is 2.00 bits per heavy atom. The molecule has 0 saturated heterocycles. The van der Waals surface area contributed by atoms with Crippen molar-refractivity contribution in [1.29, 1.82) is 0 Å². The number of nitrogens with one attached hydrogen (secondary N) is 2. The number of aromatic amines is 1. The second-order valence-corrected chi connectivity index (χ2v) is 6.93. The topological polar surface area (TPSA) is 83.6 Å². The van der Waals surface area contributed by atoms with E-state index in [2.05, 4.69) is 14.9 Å². The molecule has 0 aliphatic carbocycles. The Hall–Kier alpha value is -2.80. The smallest absolute Gasteiger partial charge is 0.280 e. The molecule has 0 atom stereocenters. The summed E-state index contributed by atoms with van der Waals surface area (Å²) in [5.41, 5.74) is 2.57. The molecule has 2 aromatic carbocycles. The number of aryl methyl sites for hydroxylation is 1. The van der Waals surface area contributed by atoms with Crippen molar-refractivity contribution < 1.29 is 13.2 Å². The summed E-state index contributed by atoms with van der Waals surface area (Å²) in [5, 5.41) is 4.84. The highest BCUT2D eigenvalue weighted by Gasteiger charge is 2.18. The number of hydrogen-bond donors (Lipinski definition) is 2. The number of fused-ring (bicyclic) bond motifs is 1. The van der Waals surface area contributed by atoms with Crippen LogP contribution in [-0.2, 0) is 10.0 Å². The van der Waals surface area contributed by atoms with Gasteiger partial charge >= 0.3 is 0 Å². The van der Waals surface area contributed by atoms with E-state index in [0.29, 0.717) is 0 Å². The zero-order valence-corrected chi connectivity index (χ0v) is 14.1. The summed E-state index contributed by atoms with van der Waals surface area (Å²) < 4.78 is 30.0. The van der Waals surface area contributed by atoms with Gasteiger partial charge in [-0.3, -0.25) is 0 Å². The number of ether oxygens (including phenoxy) is 1. The standard InChI is InChI=1S/C17H17N3O3S/c1-12-7-8-16(23-2)17(9-12)24(21,22)20-19-11-13-10-18-15-6-4-3-5-14(13)15/h3-11,18,20H,1-2H3/b19-11+. The van der Waals surface area contributed by atoms with E-state index in [1.165, 1.54) is 13.3 Å². The first-order chi connectivity index (χ1) is 11.5. The van der Waals surface area contributed by atoms with Crippen LogP contribution in [0.25, 0.3) is 10.9 Å². The average Bonchev–Trinajstić information content (AvgIpc) is 2.98. The molecule has 7 heteroatoms. The Bertz CT molecular complexity index is 1010. The van der Waals surface area contributed by atoms with Gasteiger partial charge in [-0.05, 0) is 30.7 Å². The van der Waals surface area contributed by atoms with E-state index in [0.717, 1.165) is 22.0 Å². The minimum absolute atomic E-state index is 0.0566. The van der Waals surface area contributed by atoms with Crippen LogP contribution in [0.1, 0.15) is 11.1 Å². The summed E-state index contributed by atoms with van der Waals surface area (Å²) in [5.74, 6) is 0.274. The second-order valence-electron chi connectivity index (χ2n) is 5.30. The molecule has 124 valence electrons. The van der Waals surface area contributed by atoms with Gasteiger partial charge in [0.2, 0.25) is 0 Å². The van der Waals surface area contributed by atoms with Crippen molar-refractivity contribution >= 4 is 27.1 Å². The molecule has 0 amide bonds. The van der Waals surface area contributed by atoms with Gasteiger partial charge in [-0.1, -0.05) is 24.3 Å². The van der Waals surface area contributed by atoms with E-state index in [9.17, 15) is 8.42 Å². The van der Waals surface area contributed by atoms with E-state index in [-0.39, 0.29) is 10.6 Å². The highest BCUT2D eigenvalue weighted by Crippen LogP contribution is 2.24. The van der Waals surface area contributed by atoms with Crippen LogP contribution in [0.15, 0.2) is 58.7 Å². The van der Waals surface area contributed by atoms with Crippen LogP contribution in [0.5, 0.6) is 5.75 Å². The van der Waals surface area contributed by atoms with Crippen LogP contribution in [-0.4, -0.2) is 26.7 Å². The lowest BCUT2D eigenvalue weighted by Crippen LogP contribution is -2.19. The molecule has 0 fully saturated rings. The molecule has 0 aliphatic heterocycles. The SMILES string of the molecule is COc1ccc(C)cc1S(=O)(=O)N/N=C/c1c[nH]c2ccccc12. The minimum Gasteiger partial charge on any atom is -0.495 e. The van der Waals surface area contributed by atoms with E-state index < -0.39 is 10.0 Å². The highest BCUT2D eigenvalue weighted by atomic mass is 32.2. The number of hydrazone groups is 1. The van der Waals surface area contributed by atoms with E-state index in [4.69, 9.17) is 4.74 Å². The zero-order chi connectivity index (χ0) is 17.2. The van der Waals surface area contributed by atoms with Crippen molar-refractivity contribution in [2.75, 3.05) is 7.11 Å². The number of aromatic nitrogens is 1. The monoisotopic (exact) mass is 343 g/mol. The molecule has 3 rings (SSSR count). The molecule has 1 heterocycles. The molecular weight excluding hydrogens is 326 g/mol. The summed E-state index contributed by atoms with van der Waals surface area (Å²) in [6.07, 6.45) is 3.24. The zero-order valence-electron chi connectivity index (χ0n) is 13.3. The largest absolute Gasteiger partial charge is 0.495 e. The summed E-state index contributed by atoms with van der Waals surface area (Å²) in [7, 11) is -2.39. The molecule has 0 aliphatic rings. The predicted octanol–water partition coefficient (Wildman–Crippen LogP) is 2.80. The molecular formula is C17H17N3O3S. The van der Waals surface area contributed by atoms with Gasteiger partial charge in [0.15, 0.2) is 0 Å². The van der Waals surface area contributed by atoms with Gasteiger partial charge in [0.25, 0.3) is 10.0 Å². The first kappa shape index (κ1) is 16.1. The second kappa shape index (κ2) is 6.37. The van der Waals surface area contributed by atoms with Crippen molar-refractivity contribution in [3.8, 4) is 5.75 Å². The first-order valence-corrected chi connectivity index (χ1v) is 8.75. The maximum Gasteiger partial charge on any atom is 0.280 e. The quantitative estimate of drug-likeness (QED) is 0.552. The summed E-state index contributed by atoms with van der Waals surface area (Å²) in [6.45, 7) is 1.81.